The first-order valence-electron chi connectivity index (χ1n) is 6.86. The molecule has 1 aromatic heterocycles. The van der Waals surface area contributed by atoms with Crippen LogP contribution < -0.4 is 5.73 Å². The van der Waals surface area contributed by atoms with Crippen molar-refractivity contribution in [2.24, 2.45) is 0 Å². The zero-order valence-electron chi connectivity index (χ0n) is 11.7. The van der Waals surface area contributed by atoms with E-state index in [4.69, 9.17) is 21.9 Å². The summed E-state index contributed by atoms with van der Waals surface area (Å²) < 4.78 is 5.32. The molecule has 21 heavy (non-hydrogen) atoms. The third-order valence-electron chi connectivity index (χ3n) is 3.75. The van der Waals surface area contributed by atoms with Gasteiger partial charge in [0, 0.05) is 18.3 Å². The Morgan fingerprint density at radius 3 is 3.00 bits per heavy atom. The molecule has 1 aliphatic heterocycles. The van der Waals surface area contributed by atoms with Crippen LogP contribution in [-0.4, -0.2) is 22.5 Å². The predicted octanol–water partition coefficient (Wildman–Crippen LogP) is 3.20. The largest absolute Gasteiger partial charge is 0.398 e. The molecule has 5 nitrogen and oxygen atoms in total. The molecule has 3 rings (SSSR count). The second-order valence-electron chi connectivity index (χ2n) is 5.23. The molecule has 0 spiro atoms. The number of likely N-dealkylation sites (tertiary alicyclic amines) is 1. The van der Waals surface area contributed by atoms with E-state index in [9.17, 15) is 4.79 Å². The number of aryl methyl sites for hydroxylation is 1. The highest BCUT2D eigenvalue weighted by molar-refractivity contribution is 6.34. The molecule has 2 heterocycles. The van der Waals surface area contributed by atoms with Crippen LogP contribution in [0.25, 0.3) is 0 Å². The van der Waals surface area contributed by atoms with Gasteiger partial charge in [0.15, 0.2) is 5.76 Å². The topological polar surface area (TPSA) is 72.4 Å². The molecule has 2 aromatic rings. The normalized spacial score (nSPS) is 18.2. The third kappa shape index (κ3) is 2.49. The van der Waals surface area contributed by atoms with Crippen molar-refractivity contribution in [3.05, 3.63) is 46.3 Å². The van der Waals surface area contributed by atoms with Crippen LogP contribution in [0.2, 0.25) is 5.02 Å². The summed E-state index contributed by atoms with van der Waals surface area (Å²) in [5.74, 6) is 0.554. The van der Waals surface area contributed by atoms with E-state index in [-0.39, 0.29) is 11.9 Å². The second kappa shape index (κ2) is 5.41. The van der Waals surface area contributed by atoms with E-state index in [1.165, 1.54) is 0 Å². The number of anilines is 1. The fraction of sp³-hybridized carbons (Fsp3) is 0.333. The van der Waals surface area contributed by atoms with Crippen molar-refractivity contribution in [3.63, 3.8) is 0 Å². The van der Waals surface area contributed by atoms with E-state index in [1.54, 1.807) is 23.1 Å². The summed E-state index contributed by atoms with van der Waals surface area (Å²) in [7, 11) is 0. The van der Waals surface area contributed by atoms with Crippen LogP contribution in [0.15, 0.2) is 28.8 Å². The van der Waals surface area contributed by atoms with Crippen molar-refractivity contribution in [2.75, 3.05) is 12.3 Å². The fourth-order valence-electron chi connectivity index (χ4n) is 2.76. The molecule has 1 fully saturated rings. The summed E-state index contributed by atoms with van der Waals surface area (Å²) in [5, 5.41) is 4.27. The van der Waals surface area contributed by atoms with Crippen LogP contribution in [0, 0.1) is 6.92 Å². The van der Waals surface area contributed by atoms with E-state index in [0.717, 1.165) is 18.5 Å². The Labute approximate surface area is 127 Å². The molecule has 110 valence electrons. The van der Waals surface area contributed by atoms with Crippen LogP contribution in [0.3, 0.4) is 0 Å². The van der Waals surface area contributed by atoms with Crippen LogP contribution in [-0.2, 0) is 0 Å². The lowest BCUT2D eigenvalue weighted by atomic mass is 10.1. The Bertz CT molecular complexity index is 663. The molecule has 1 aromatic carbocycles. The van der Waals surface area contributed by atoms with Gasteiger partial charge in [0.25, 0.3) is 5.91 Å². The number of carbonyl (C=O) groups excluding carboxylic acids is 1. The minimum atomic E-state index is -0.158. The van der Waals surface area contributed by atoms with E-state index in [0.29, 0.717) is 28.6 Å². The van der Waals surface area contributed by atoms with E-state index in [1.807, 2.05) is 13.0 Å². The number of benzene rings is 1. The first kappa shape index (κ1) is 13.9. The molecule has 0 bridgehead atoms. The van der Waals surface area contributed by atoms with Crippen LogP contribution in [0.1, 0.15) is 40.7 Å². The van der Waals surface area contributed by atoms with Crippen LogP contribution in [0.5, 0.6) is 0 Å². The Morgan fingerprint density at radius 2 is 2.33 bits per heavy atom. The molecule has 0 radical (unpaired) electrons. The summed E-state index contributed by atoms with van der Waals surface area (Å²) in [6.07, 6.45) is 1.77. The summed E-state index contributed by atoms with van der Waals surface area (Å²) in [6.45, 7) is 2.52. The molecule has 1 saturated heterocycles. The fourth-order valence-corrected chi connectivity index (χ4v) is 3.02. The highest BCUT2D eigenvalue weighted by atomic mass is 35.5. The van der Waals surface area contributed by atoms with Gasteiger partial charge in [-0.2, -0.15) is 0 Å². The van der Waals surface area contributed by atoms with E-state index in [2.05, 4.69) is 5.16 Å². The predicted molar refractivity (Wildman–Crippen MR) is 80.1 cm³/mol. The molecule has 1 atom stereocenters. The Balaban J connectivity index is 1.93. The number of carbonyl (C=O) groups is 1. The van der Waals surface area contributed by atoms with Gasteiger partial charge in [-0.1, -0.05) is 22.8 Å². The van der Waals surface area contributed by atoms with Gasteiger partial charge in [0.2, 0.25) is 0 Å². The molecule has 6 heteroatoms. The maximum atomic E-state index is 12.8. The van der Waals surface area contributed by atoms with Gasteiger partial charge in [-0.3, -0.25) is 4.79 Å². The van der Waals surface area contributed by atoms with Crippen molar-refractivity contribution in [2.45, 2.75) is 25.8 Å². The lowest BCUT2D eigenvalue weighted by Gasteiger charge is -2.23. The van der Waals surface area contributed by atoms with Gasteiger partial charge in [-0.25, -0.2) is 0 Å². The molecule has 2 N–H and O–H groups in total. The zero-order chi connectivity index (χ0) is 15.0. The highest BCUT2D eigenvalue weighted by Gasteiger charge is 2.34. The number of rotatable bonds is 2. The summed E-state index contributed by atoms with van der Waals surface area (Å²) >= 11 is 6.14. The highest BCUT2D eigenvalue weighted by Crippen LogP contribution is 2.35. The summed E-state index contributed by atoms with van der Waals surface area (Å²) in [4.78, 5) is 14.5. The van der Waals surface area contributed by atoms with E-state index < -0.39 is 0 Å². The number of halogens is 1. The minimum absolute atomic E-state index is 0.102. The molecule has 1 aliphatic rings. The number of nitrogens with zero attached hydrogens (tertiary/aromatic N) is 2. The van der Waals surface area contributed by atoms with Crippen molar-refractivity contribution < 1.29 is 9.32 Å². The minimum Gasteiger partial charge on any atom is -0.398 e. The van der Waals surface area contributed by atoms with Gasteiger partial charge in [-0.05, 0) is 31.9 Å². The standard InChI is InChI=1S/C15H16ClN3O2/c1-9-8-13(21-18-9)12-6-3-7-19(12)15(20)14-10(16)4-2-5-11(14)17/h2,4-5,8,12H,3,6-7,17H2,1H3. The number of hydrogen-bond donors (Lipinski definition) is 1. The van der Waals surface area contributed by atoms with Crippen molar-refractivity contribution >= 4 is 23.2 Å². The third-order valence-corrected chi connectivity index (χ3v) is 4.06. The smallest absolute Gasteiger partial charge is 0.258 e. The van der Waals surface area contributed by atoms with E-state index >= 15 is 0 Å². The van der Waals surface area contributed by atoms with Gasteiger partial charge < -0.3 is 15.2 Å². The monoisotopic (exact) mass is 305 g/mol. The Morgan fingerprint density at radius 1 is 1.52 bits per heavy atom. The average Bonchev–Trinajstić information content (AvgIpc) is 3.06. The van der Waals surface area contributed by atoms with Crippen molar-refractivity contribution in [1.82, 2.24) is 10.1 Å². The molecule has 1 amide bonds. The average molecular weight is 306 g/mol. The van der Waals surface area contributed by atoms with Gasteiger partial charge in [0.1, 0.15) is 0 Å². The lowest BCUT2D eigenvalue weighted by Crippen LogP contribution is -2.31. The number of aromatic nitrogens is 1. The first-order valence-corrected chi connectivity index (χ1v) is 7.24. The second-order valence-corrected chi connectivity index (χ2v) is 5.64. The Kier molecular flexibility index (Phi) is 3.59. The SMILES string of the molecule is Cc1cc(C2CCCN2C(=O)c2c(N)cccc2Cl)on1. The van der Waals surface area contributed by atoms with Gasteiger partial charge in [-0.15, -0.1) is 0 Å². The van der Waals surface area contributed by atoms with Gasteiger partial charge >= 0.3 is 0 Å². The summed E-state index contributed by atoms with van der Waals surface area (Å²) in [6, 6.07) is 6.86. The molecular weight excluding hydrogens is 290 g/mol. The zero-order valence-corrected chi connectivity index (χ0v) is 12.4. The first-order chi connectivity index (χ1) is 10.1. The number of nitrogen functional groups attached to an aromatic ring is 1. The lowest BCUT2D eigenvalue weighted by molar-refractivity contribution is 0.0716. The maximum absolute atomic E-state index is 12.8. The molecular formula is C15H16ClN3O2. The number of hydrogen-bond acceptors (Lipinski definition) is 4. The maximum Gasteiger partial charge on any atom is 0.258 e. The van der Waals surface area contributed by atoms with Gasteiger partial charge in [0.05, 0.1) is 22.3 Å². The van der Waals surface area contributed by atoms with Crippen molar-refractivity contribution in [3.8, 4) is 0 Å². The van der Waals surface area contributed by atoms with Crippen molar-refractivity contribution in [1.29, 1.82) is 0 Å². The number of nitrogens with two attached hydrogens (primary N) is 1. The Hall–Kier alpha value is -2.01. The molecule has 1 unspecified atom stereocenters. The van der Waals surface area contributed by atoms with Crippen LogP contribution >= 0.6 is 11.6 Å². The van der Waals surface area contributed by atoms with Crippen LogP contribution in [0.4, 0.5) is 5.69 Å². The quantitative estimate of drug-likeness (QED) is 0.865. The summed E-state index contributed by atoms with van der Waals surface area (Å²) in [5.41, 5.74) is 7.48. The number of amides is 1. The molecule has 0 saturated carbocycles. The molecule has 0 aliphatic carbocycles.